The molecule has 0 aliphatic carbocycles. The second-order valence-corrected chi connectivity index (χ2v) is 6.32. The molecule has 21 heavy (non-hydrogen) atoms. The van der Waals surface area contributed by atoms with E-state index in [4.69, 9.17) is 4.74 Å². The molecule has 1 amide bonds. The number of ketones is 1. The molecule has 0 saturated carbocycles. The van der Waals surface area contributed by atoms with E-state index in [-0.39, 0.29) is 17.8 Å². The van der Waals surface area contributed by atoms with Crippen molar-refractivity contribution in [3.8, 4) is 0 Å². The molecule has 5 nitrogen and oxygen atoms in total. The number of hydrogen-bond acceptors (Lipinski definition) is 4. The van der Waals surface area contributed by atoms with Gasteiger partial charge >= 0.3 is 6.09 Å². The van der Waals surface area contributed by atoms with Crippen LogP contribution in [-0.4, -0.2) is 40.5 Å². The maximum absolute atomic E-state index is 12.3. The topological polar surface area (TPSA) is 59.5 Å². The van der Waals surface area contributed by atoms with Crippen LogP contribution >= 0.6 is 0 Å². The summed E-state index contributed by atoms with van der Waals surface area (Å²) in [6, 6.07) is 5.35. The third-order valence-corrected chi connectivity index (χ3v) is 3.43. The quantitative estimate of drug-likeness (QED) is 0.786. The molecular weight excluding hydrogens is 268 g/mol. The largest absolute Gasteiger partial charge is 0.444 e. The minimum Gasteiger partial charge on any atom is -0.444 e. The molecule has 0 N–H and O–H groups in total. The van der Waals surface area contributed by atoms with Crippen molar-refractivity contribution in [1.29, 1.82) is 0 Å². The Morgan fingerprint density at radius 2 is 1.90 bits per heavy atom. The summed E-state index contributed by atoms with van der Waals surface area (Å²) in [5.41, 5.74) is 0.0192. The number of ether oxygens (including phenoxy) is 1. The summed E-state index contributed by atoms with van der Waals surface area (Å²) in [5, 5.41) is 0. The summed E-state index contributed by atoms with van der Waals surface area (Å²) in [6.07, 6.45) is 2.65. The van der Waals surface area contributed by atoms with E-state index in [0.29, 0.717) is 31.6 Å². The van der Waals surface area contributed by atoms with E-state index < -0.39 is 5.60 Å². The first-order valence-corrected chi connectivity index (χ1v) is 7.30. The third-order valence-electron chi connectivity index (χ3n) is 3.43. The number of rotatable bonds is 2. The molecule has 0 spiro atoms. The molecule has 1 aromatic rings. The molecular formula is C16H22N2O3. The van der Waals surface area contributed by atoms with Gasteiger partial charge in [-0.05, 0) is 45.7 Å². The van der Waals surface area contributed by atoms with Crippen molar-refractivity contribution in [3.63, 3.8) is 0 Å². The fourth-order valence-electron chi connectivity index (χ4n) is 2.37. The molecule has 1 fully saturated rings. The summed E-state index contributed by atoms with van der Waals surface area (Å²) >= 11 is 0. The van der Waals surface area contributed by atoms with Crippen LogP contribution in [0.4, 0.5) is 4.79 Å². The molecule has 114 valence electrons. The van der Waals surface area contributed by atoms with Gasteiger partial charge in [0.05, 0.1) is 0 Å². The van der Waals surface area contributed by atoms with Crippen LogP contribution in [0.1, 0.15) is 44.1 Å². The van der Waals surface area contributed by atoms with E-state index in [9.17, 15) is 9.59 Å². The van der Waals surface area contributed by atoms with Gasteiger partial charge in [-0.15, -0.1) is 0 Å². The zero-order chi connectivity index (χ0) is 15.5. The molecule has 0 aromatic carbocycles. The van der Waals surface area contributed by atoms with Gasteiger partial charge < -0.3 is 9.64 Å². The summed E-state index contributed by atoms with van der Waals surface area (Å²) in [7, 11) is 0. The summed E-state index contributed by atoms with van der Waals surface area (Å²) in [4.78, 5) is 30.1. The lowest BCUT2D eigenvalue weighted by Gasteiger charge is -2.32. The summed E-state index contributed by atoms with van der Waals surface area (Å²) in [6.45, 7) is 6.66. The number of pyridine rings is 1. The van der Waals surface area contributed by atoms with Gasteiger partial charge in [0.15, 0.2) is 5.78 Å². The van der Waals surface area contributed by atoms with Crippen molar-refractivity contribution in [3.05, 3.63) is 30.1 Å². The number of piperidine rings is 1. The van der Waals surface area contributed by atoms with Crippen LogP contribution in [0.5, 0.6) is 0 Å². The highest BCUT2D eigenvalue weighted by Crippen LogP contribution is 2.22. The van der Waals surface area contributed by atoms with E-state index >= 15 is 0 Å². The molecule has 1 aromatic heterocycles. The number of carbonyl (C=O) groups excluding carboxylic acids is 2. The first-order chi connectivity index (χ1) is 9.87. The summed E-state index contributed by atoms with van der Waals surface area (Å²) in [5.74, 6) is 0.0121. The highest BCUT2D eigenvalue weighted by molar-refractivity contribution is 5.96. The molecule has 0 bridgehead atoms. The SMILES string of the molecule is CC(C)(C)OC(=O)N1CCC(C(=O)c2ccccn2)CC1. The minimum atomic E-state index is -0.488. The van der Waals surface area contributed by atoms with Crippen LogP contribution in [0, 0.1) is 5.92 Å². The van der Waals surface area contributed by atoms with Crippen LogP contribution in [0.25, 0.3) is 0 Å². The number of likely N-dealkylation sites (tertiary alicyclic amines) is 1. The fourth-order valence-corrected chi connectivity index (χ4v) is 2.37. The first-order valence-electron chi connectivity index (χ1n) is 7.30. The van der Waals surface area contributed by atoms with Crippen LogP contribution in [0.15, 0.2) is 24.4 Å². The van der Waals surface area contributed by atoms with Crippen molar-refractivity contribution in [1.82, 2.24) is 9.88 Å². The number of amides is 1. The lowest BCUT2D eigenvalue weighted by molar-refractivity contribution is 0.0182. The van der Waals surface area contributed by atoms with Gasteiger partial charge in [0, 0.05) is 25.2 Å². The summed E-state index contributed by atoms with van der Waals surface area (Å²) < 4.78 is 5.35. The molecule has 0 atom stereocenters. The second kappa shape index (κ2) is 6.24. The van der Waals surface area contributed by atoms with E-state index in [1.165, 1.54) is 0 Å². The Hall–Kier alpha value is -1.91. The Balaban J connectivity index is 1.89. The fraction of sp³-hybridized carbons (Fsp3) is 0.562. The van der Waals surface area contributed by atoms with Crippen molar-refractivity contribution in [2.45, 2.75) is 39.2 Å². The average molecular weight is 290 g/mol. The smallest absolute Gasteiger partial charge is 0.410 e. The normalized spacial score (nSPS) is 16.6. The van der Waals surface area contributed by atoms with Crippen molar-refractivity contribution < 1.29 is 14.3 Å². The number of aromatic nitrogens is 1. The number of nitrogens with zero attached hydrogens (tertiary/aromatic N) is 2. The van der Waals surface area contributed by atoms with E-state index in [0.717, 1.165) is 0 Å². The van der Waals surface area contributed by atoms with Gasteiger partial charge in [-0.3, -0.25) is 9.78 Å². The minimum absolute atomic E-state index is 0.0569. The molecule has 0 unspecified atom stereocenters. The lowest BCUT2D eigenvalue weighted by atomic mass is 9.91. The molecule has 1 saturated heterocycles. The van der Waals surface area contributed by atoms with Crippen LogP contribution < -0.4 is 0 Å². The van der Waals surface area contributed by atoms with Gasteiger partial charge in [-0.2, -0.15) is 0 Å². The zero-order valence-electron chi connectivity index (χ0n) is 12.8. The van der Waals surface area contributed by atoms with Gasteiger partial charge in [0.1, 0.15) is 11.3 Å². The van der Waals surface area contributed by atoms with E-state index in [2.05, 4.69) is 4.98 Å². The molecule has 5 heteroatoms. The van der Waals surface area contributed by atoms with Gasteiger partial charge in [0.25, 0.3) is 0 Å². The lowest BCUT2D eigenvalue weighted by Crippen LogP contribution is -2.43. The number of Topliss-reactive ketones (excluding diaryl/α,β-unsaturated/α-hetero) is 1. The molecule has 1 aliphatic heterocycles. The van der Waals surface area contributed by atoms with E-state index in [1.54, 1.807) is 23.2 Å². The molecule has 0 radical (unpaired) electrons. The second-order valence-electron chi connectivity index (χ2n) is 6.32. The van der Waals surface area contributed by atoms with Crippen molar-refractivity contribution in [2.75, 3.05) is 13.1 Å². The van der Waals surface area contributed by atoms with Gasteiger partial charge in [-0.25, -0.2) is 4.79 Å². The Bertz CT molecular complexity index is 500. The van der Waals surface area contributed by atoms with Gasteiger partial charge in [0.2, 0.25) is 0 Å². The van der Waals surface area contributed by atoms with Crippen LogP contribution in [0.2, 0.25) is 0 Å². The first kappa shape index (κ1) is 15.5. The average Bonchev–Trinajstić information content (AvgIpc) is 2.46. The van der Waals surface area contributed by atoms with Crippen LogP contribution in [0.3, 0.4) is 0 Å². The Morgan fingerprint density at radius 1 is 1.24 bits per heavy atom. The van der Waals surface area contributed by atoms with E-state index in [1.807, 2.05) is 26.8 Å². The molecule has 2 heterocycles. The maximum Gasteiger partial charge on any atom is 0.410 e. The zero-order valence-corrected chi connectivity index (χ0v) is 12.8. The Morgan fingerprint density at radius 3 is 2.43 bits per heavy atom. The highest BCUT2D eigenvalue weighted by Gasteiger charge is 2.30. The molecule has 1 aliphatic rings. The predicted molar refractivity (Wildman–Crippen MR) is 79.1 cm³/mol. The Labute approximate surface area is 125 Å². The Kier molecular flexibility index (Phi) is 4.60. The maximum atomic E-state index is 12.3. The van der Waals surface area contributed by atoms with Crippen molar-refractivity contribution >= 4 is 11.9 Å². The van der Waals surface area contributed by atoms with Crippen LogP contribution in [-0.2, 0) is 4.74 Å². The third kappa shape index (κ3) is 4.28. The van der Waals surface area contributed by atoms with Gasteiger partial charge in [-0.1, -0.05) is 6.07 Å². The highest BCUT2D eigenvalue weighted by atomic mass is 16.6. The number of carbonyl (C=O) groups is 2. The monoisotopic (exact) mass is 290 g/mol. The predicted octanol–water partition coefficient (Wildman–Crippen LogP) is 2.91. The number of hydrogen-bond donors (Lipinski definition) is 0. The van der Waals surface area contributed by atoms with Crippen molar-refractivity contribution in [2.24, 2.45) is 5.92 Å². The standard InChI is InChI=1S/C16H22N2O3/c1-16(2,3)21-15(20)18-10-7-12(8-11-18)14(19)13-6-4-5-9-17-13/h4-6,9,12H,7-8,10-11H2,1-3H3. The molecule has 2 rings (SSSR count).